The van der Waals surface area contributed by atoms with Crippen LogP contribution in [0.4, 0.5) is 4.79 Å². The van der Waals surface area contributed by atoms with Crippen LogP contribution in [0.1, 0.15) is 12.8 Å². The molecule has 0 aliphatic carbocycles. The maximum absolute atomic E-state index is 11.0. The maximum Gasteiger partial charge on any atom is 0.315 e. The van der Waals surface area contributed by atoms with Gasteiger partial charge >= 0.3 is 6.03 Å². The molecule has 2 N–H and O–H groups in total. The van der Waals surface area contributed by atoms with Crippen LogP contribution in [0.3, 0.4) is 0 Å². The lowest BCUT2D eigenvalue weighted by atomic mass is 9.90. The number of hydrogen-bond acceptors (Lipinski definition) is 2. The first kappa shape index (κ1) is 8.27. The summed E-state index contributed by atoms with van der Waals surface area (Å²) in [6.45, 7) is 2.89. The quantitative estimate of drug-likeness (QED) is 0.521. The summed E-state index contributed by atoms with van der Waals surface area (Å²) in [5.41, 5.74) is 0.0597. The molecule has 0 radical (unpaired) electrons. The van der Waals surface area contributed by atoms with E-state index in [2.05, 4.69) is 24.7 Å². The molecule has 0 aromatic rings. The molecule has 0 saturated carbocycles. The van der Waals surface area contributed by atoms with E-state index < -0.39 is 0 Å². The number of nitrogens with zero attached hydrogens (tertiary/aromatic N) is 1. The van der Waals surface area contributed by atoms with Gasteiger partial charge in [-0.15, -0.1) is 0 Å². The summed E-state index contributed by atoms with van der Waals surface area (Å²) in [7, 11) is 2.71. The lowest BCUT2D eigenvalue weighted by Gasteiger charge is -2.36. The van der Waals surface area contributed by atoms with Crippen molar-refractivity contribution >= 4 is 15.4 Å². The van der Waals surface area contributed by atoms with Gasteiger partial charge in [-0.25, -0.2) is 4.79 Å². The molecule has 2 saturated heterocycles. The van der Waals surface area contributed by atoms with E-state index in [0.717, 1.165) is 32.5 Å². The van der Waals surface area contributed by atoms with E-state index in [9.17, 15) is 4.79 Å². The topological polar surface area (TPSA) is 44.4 Å². The van der Waals surface area contributed by atoms with Crippen LogP contribution in [0, 0.1) is 0 Å². The minimum atomic E-state index is -0.00722. The second kappa shape index (κ2) is 2.86. The van der Waals surface area contributed by atoms with Crippen LogP contribution >= 0.6 is 9.39 Å². The van der Waals surface area contributed by atoms with Crippen LogP contribution in [-0.2, 0) is 0 Å². The fourth-order valence-electron chi connectivity index (χ4n) is 1.83. The Bertz CT molecular complexity index is 201. The molecule has 1 atom stereocenters. The van der Waals surface area contributed by atoms with Crippen molar-refractivity contribution in [2.45, 2.75) is 18.4 Å². The average Bonchev–Trinajstić information content (AvgIpc) is 2.40. The van der Waals surface area contributed by atoms with Crippen molar-refractivity contribution < 1.29 is 4.79 Å². The Hall–Kier alpha value is -0.340. The SMILES string of the molecule is O=C1NCC2(CCN(P)CC2)N1. The molecular formula is C7H14N3OP. The molecule has 0 aromatic heterocycles. The summed E-state index contributed by atoms with van der Waals surface area (Å²) < 4.78 is 2.22. The summed E-state index contributed by atoms with van der Waals surface area (Å²) in [4.78, 5) is 11.0. The van der Waals surface area contributed by atoms with E-state index >= 15 is 0 Å². The van der Waals surface area contributed by atoms with E-state index in [4.69, 9.17) is 0 Å². The van der Waals surface area contributed by atoms with Gasteiger partial charge in [0, 0.05) is 19.6 Å². The van der Waals surface area contributed by atoms with Gasteiger partial charge in [0.1, 0.15) is 0 Å². The fraction of sp³-hybridized carbons (Fsp3) is 0.857. The van der Waals surface area contributed by atoms with E-state index in [1.807, 2.05) is 0 Å². The number of rotatable bonds is 0. The van der Waals surface area contributed by atoms with Gasteiger partial charge in [-0.3, -0.25) is 4.67 Å². The van der Waals surface area contributed by atoms with Crippen LogP contribution in [0.15, 0.2) is 0 Å². The number of nitrogens with one attached hydrogen (secondary N) is 2. The lowest BCUT2D eigenvalue weighted by Crippen LogP contribution is -2.50. The zero-order valence-corrected chi connectivity index (χ0v) is 8.12. The van der Waals surface area contributed by atoms with E-state index in [1.165, 1.54) is 0 Å². The Labute approximate surface area is 74.3 Å². The number of amides is 2. The Balaban J connectivity index is 1.99. The van der Waals surface area contributed by atoms with Gasteiger partial charge in [-0.05, 0) is 12.8 Å². The molecule has 0 aromatic carbocycles. The Kier molecular flexibility index (Phi) is 1.97. The van der Waals surface area contributed by atoms with Crippen molar-refractivity contribution in [1.82, 2.24) is 15.3 Å². The monoisotopic (exact) mass is 187 g/mol. The van der Waals surface area contributed by atoms with Crippen LogP contribution in [0.25, 0.3) is 0 Å². The van der Waals surface area contributed by atoms with E-state index in [-0.39, 0.29) is 11.6 Å². The summed E-state index contributed by atoms with van der Waals surface area (Å²) in [6.07, 6.45) is 2.10. The third-order valence-electron chi connectivity index (χ3n) is 2.72. The largest absolute Gasteiger partial charge is 0.336 e. The molecule has 2 aliphatic rings. The fourth-order valence-corrected chi connectivity index (χ4v) is 2.09. The lowest BCUT2D eigenvalue weighted by molar-refractivity contribution is 0.222. The van der Waals surface area contributed by atoms with Gasteiger partial charge in [0.25, 0.3) is 0 Å². The van der Waals surface area contributed by atoms with Crippen molar-refractivity contribution in [2.75, 3.05) is 19.6 Å². The predicted octanol–water partition coefficient (Wildman–Crippen LogP) is -0.0761. The number of piperidine rings is 1. The van der Waals surface area contributed by atoms with Crippen molar-refractivity contribution in [3.63, 3.8) is 0 Å². The average molecular weight is 187 g/mol. The van der Waals surface area contributed by atoms with Crippen LogP contribution < -0.4 is 10.6 Å². The van der Waals surface area contributed by atoms with Crippen molar-refractivity contribution in [3.8, 4) is 0 Å². The van der Waals surface area contributed by atoms with Crippen LogP contribution in [0.5, 0.6) is 0 Å². The molecular weight excluding hydrogens is 173 g/mol. The molecule has 0 bridgehead atoms. The molecule has 2 aliphatic heterocycles. The molecule has 2 amide bonds. The second-order valence-electron chi connectivity index (χ2n) is 3.62. The molecule has 4 nitrogen and oxygen atoms in total. The summed E-state index contributed by atoms with van der Waals surface area (Å²) >= 11 is 0. The van der Waals surface area contributed by atoms with Crippen LogP contribution in [-0.4, -0.2) is 35.9 Å². The van der Waals surface area contributed by atoms with Gasteiger partial charge in [0.2, 0.25) is 0 Å². The standard InChI is InChI=1S/C7H14N3OP/c11-6-8-5-7(9-6)1-3-10(12)4-2-7/h1-5,12H2,(H2,8,9,11). The van der Waals surface area contributed by atoms with Gasteiger partial charge in [0.15, 0.2) is 0 Å². The van der Waals surface area contributed by atoms with Gasteiger partial charge in [-0.1, -0.05) is 9.39 Å². The molecule has 5 heteroatoms. The predicted molar refractivity (Wildman–Crippen MR) is 49.8 cm³/mol. The number of hydrogen-bond donors (Lipinski definition) is 2. The Morgan fingerprint density at radius 2 is 2.08 bits per heavy atom. The molecule has 68 valence electrons. The summed E-state index contributed by atoms with van der Waals surface area (Å²) in [5, 5.41) is 5.82. The Morgan fingerprint density at radius 3 is 2.58 bits per heavy atom. The summed E-state index contributed by atoms with van der Waals surface area (Å²) in [6, 6.07) is -0.00722. The minimum Gasteiger partial charge on any atom is -0.336 e. The molecule has 2 fully saturated rings. The third kappa shape index (κ3) is 1.41. The summed E-state index contributed by atoms with van der Waals surface area (Å²) in [5.74, 6) is 0. The first-order chi connectivity index (χ1) is 5.70. The van der Waals surface area contributed by atoms with Gasteiger partial charge in [-0.2, -0.15) is 0 Å². The normalized spacial score (nSPS) is 28.6. The minimum absolute atomic E-state index is 0.00722. The number of carbonyl (C=O) groups excluding carboxylic acids is 1. The first-order valence-electron chi connectivity index (χ1n) is 4.26. The molecule has 2 rings (SSSR count). The second-order valence-corrected chi connectivity index (χ2v) is 4.35. The van der Waals surface area contributed by atoms with E-state index in [1.54, 1.807) is 0 Å². The molecule has 1 spiro atoms. The highest BCUT2D eigenvalue weighted by Gasteiger charge is 2.39. The van der Waals surface area contributed by atoms with Gasteiger partial charge < -0.3 is 10.6 Å². The third-order valence-corrected chi connectivity index (χ3v) is 3.24. The Morgan fingerprint density at radius 1 is 1.42 bits per heavy atom. The highest BCUT2D eigenvalue weighted by molar-refractivity contribution is 7.13. The molecule has 1 unspecified atom stereocenters. The zero-order valence-electron chi connectivity index (χ0n) is 6.97. The smallest absolute Gasteiger partial charge is 0.315 e. The highest BCUT2D eigenvalue weighted by Crippen LogP contribution is 2.25. The van der Waals surface area contributed by atoms with Crippen molar-refractivity contribution in [3.05, 3.63) is 0 Å². The number of carbonyl (C=O) groups is 1. The van der Waals surface area contributed by atoms with Crippen molar-refractivity contribution in [2.24, 2.45) is 0 Å². The highest BCUT2D eigenvalue weighted by atomic mass is 31.0. The van der Waals surface area contributed by atoms with Gasteiger partial charge in [0.05, 0.1) is 5.54 Å². The maximum atomic E-state index is 11.0. The zero-order chi connectivity index (χ0) is 8.60. The first-order valence-corrected chi connectivity index (χ1v) is 4.78. The van der Waals surface area contributed by atoms with E-state index in [0.29, 0.717) is 0 Å². The number of urea groups is 1. The van der Waals surface area contributed by atoms with Crippen LogP contribution in [0.2, 0.25) is 0 Å². The molecule has 2 heterocycles. The van der Waals surface area contributed by atoms with Crippen molar-refractivity contribution in [1.29, 1.82) is 0 Å². The molecule has 12 heavy (non-hydrogen) atoms.